The number of carbonyl (C=O) groups excluding carboxylic acids is 1. The van der Waals surface area contributed by atoms with Crippen LogP contribution in [0, 0.1) is 19.7 Å². The number of nitrogens with zero attached hydrogens (tertiary/aromatic N) is 1. The first-order valence-electron chi connectivity index (χ1n) is 7.63. The molecule has 122 valence electrons. The van der Waals surface area contributed by atoms with Crippen LogP contribution in [0.5, 0.6) is 5.75 Å². The van der Waals surface area contributed by atoms with Crippen LogP contribution >= 0.6 is 0 Å². The van der Waals surface area contributed by atoms with Crippen LogP contribution in [-0.2, 0) is 11.3 Å². The molecule has 0 spiro atoms. The van der Waals surface area contributed by atoms with Crippen molar-refractivity contribution in [3.63, 3.8) is 0 Å². The molecule has 1 amide bonds. The minimum Gasteiger partial charge on any atom is -0.493 e. The Morgan fingerprint density at radius 2 is 1.96 bits per heavy atom. The minimum atomic E-state index is -0.411. The standard InChI is InChI=1S/C18H21FN2O2/c1-13-6-3-7-14(2)18(13)23-11-5-9-17(22)21-12-16-15(19)8-4-10-20-16/h3-4,6-8,10H,5,9,11-12H2,1-2H3,(H,21,22). The molecule has 0 radical (unpaired) electrons. The molecular weight excluding hydrogens is 295 g/mol. The average Bonchev–Trinajstić information content (AvgIpc) is 2.53. The van der Waals surface area contributed by atoms with Crippen molar-refractivity contribution in [2.45, 2.75) is 33.2 Å². The smallest absolute Gasteiger partial charge is 0.220 e. The number of aryl methyl sites for hydroxylation is 2. The monoisotopic (exact) mass is 316 g/mol. The van der Waals surface area contributed by atoms with Gasteiger partial charge in [-0.25, -0.2) is 4.39 Å². The summed E-state index contributed by atoms with van der Waals surface area (Å²) in [6, 6.07) is 8.83. The van der Waals surface area contributed by atoms with E-state index in [1.807, 2.05) is 32.0 Å². The fourth-order valence-corrected chi connectivity index (χ4v) is 2.25. The van der Waals surface area contributed by atoms with Gasteiger partial charge >= 0.3 is 0 Å². The van der Waals surface area contributed by atoms with E-state index in [9.17, 15) is 9.18 Å². The Morgan fingerprint density at radius 1 is 1.22 bits per heavy atom. The predicted molar refractivity (Wildman–Crippen MR) is 86.7 cm³/mol. The van der Waals surface area contributed by atoms with E-state index in [2.05, 4.69) is 10.3 Å². The molecule has 4 nitrogen and oxygen atoms in total. The number of carbonyl (C=O) groups is 1. The molecule has 0 saturated carbocycles. The van der Waals surface area contributed by atoms with Crippen LogP contribution in [0.4, 0.5) is 4.39 Å². The number of nitrogens with one attached hydrogen (secondary N) is 1. The quantitative estimate of drug-likeness (QED) is 0.797. The van der Waals surface area contributed by atoms with Gasteiger partial charge in [-0.2, -0.15) is 0 Å². The largest absolute Gasteiger partial charge is 0.493 e. The number of rotatable bonds is 7. The molecule has 0 unspecified atom stereocenters. The first kappa shape index (κ1) is 16.9. The van der Waals surface area contributed by atoms with Crippen LogP contribution in [0.15, 0.2) is 36.5 Å². The van der Waals surface area contributed by atoms with E-state index >= 15 is 0 Å². The fourth-order valence-electron chi connectivity index (χ4n) is 2.25. The van der Waals surface area contributed by atoms with Gasteiger partial charge in [-0.15, -0.1) is 0 Å². The molecule has 0 atom stereocenters. The maximum absolute atomic E-state index is 13.4. The van der Waals surface area contributed by atoms with Gasteiger partial charge in [-0.3, -0.25) is 9.78 Å². The SMILES string of the molecule is Cc1cccc(C)c1OCCCC(=O)NCc1ncccc1F. The molecule has 0 aliphatic rings. The van der Waals surface area contributed by atoms with E-state index in [1.165, 1.54) is 18.3 Å². The molecule has 2 rings (SSSR count). The van der Waals surface area contributed by atoms with Crippen molar-refractivity contribution in [2.24, 2.45) is 0 Å². The molecular formula is C18H21FN2O2. The van der Waals surface area contributed by atoms with E-state index in [1.54, 1.807) is 0 Å². The zero-order valence-electron chi connectivity index (χ0n) is 13.4. The number of halogens is 1. The zero-order valence-corrected chi connectivity index (χ0v) is 13.4. The highest BCUT2D eigenvalue weighted by Gasteiger charge is 2.07. The molecule has 0 saturated heterocycles. The molecule has 1 aromatic heterocycles. The van der Waals surface area contributed by atoms with Crippen molar-refractivity contribution in [3.8, 4) is 5.75 Å². The summed E-state index contributed by atoms with van der Waals surface area (Å²) in [4.78, 5) is 15.6. The highest BCUT2D eigenvalue weighted by molar-refractivity contribution is 5.75. The number of benzene rings is 1. The number of aromatic nitrogens is 1. The number of hydrogen-bond donors (Lipinski definition) is 1. The molecule has 0 aliphatic carbocycles. The normalized spacial score (nSPS) is 10.4. The summed E-state index contributed by atoms with van der Waals surface area (Å²) in [6.07, 6.45) is 2.44. The van der Waals surface area contributed by atoms with Gasteiger partial charge in [-0.1, -0.05) is 18.2 Å². The molecule has 5 heteroatoms. The Morgan fingerprint density at radius 3 is 2.65 bits per heavy atom. The molecule has 23 heavy (non-hydrogen) atoms. The van der Waals surface area contributed by atoms with E-state index < -0.39 is 5.82 Å². The lowest BCUT2D eigenvalue weighted by molar-refractivity contribution is -0.121. The van der Waals surface area contributed by atoms with Crippen molar-refractivity contribution in [2.75, 3.05) is 6.61 Å². The highest BCUT2D eigenvalue weighted by atomic mass is 19.1. The van der Waals surface area contributed by atoms with E-state index in [0.29, 0.717) is 19.4 Å². The third-order valence-corrected chi connectivity index (χ3v) is 3.49. The van der Waals surface area contributed by atoms with Gasteiger partial charge in [-0.05, 0) is 43.5 Å². The number of pyridine rings is 1. The second-order valence-corrected chi connectivity index (χ2v) is 5.38. The Kier molecular flexibility index (Phi) is 6.09. The van der Waals surface area contributed by atoms with Crippen LogP contribution in [0.3, 0.4) is 0 Å². The van der Waals surface area contributed by atoms with Gasteiger partial charge in [0.2, 0.25) is 5.91 Å². The number of amides is 1. The summed E-state index contributed by atoms with van der Waals surface area (Å²) >= 11 is 0. The summed E-state index contributed by atoms with van der Waals surface area (Å²) in [5, 5.41) is 2.66. The topological polar surface area (TPSA) is 51.2 Å². The van der Waals surface area contributed by atoms with Gasteiger partial charge in [0.05, 0.1) is 18.8 Å². The summed E-state index contributed by atoms with van der Waals surface area (Å²) in [7, 11) is 0. The van der Waals surface area contributed by atoms with Crippen LogP contribution in [0.1, 0.15) is 29.7 Å². The van der Waals surface area contributed by atoms with Crippen molar-refractivity contribution in [1.82, 2.24) is 10.3 Å². The third kappa shape index (κ3) is 5.06. The molecule has 1 aromatic carbocycles. The molecule has 1 heterocycles. The Labute approximate surface area is 135 Å². The summed E-state index contributed by atoms with van der Waals surface area (Å²) in [5.74, 6) is 0.329. The highest BCUT2D eigenvalue weighted by Crippen LogP contribution is 2.22. The Hall–Kier alpha value is -2.43. The lowest BCUT2D eigenvalue weighted by Gasteiger charge is -2.11. The van der Waals surface area contributed by atoms with E-state index in [0.717, 1.165) is 16.9 Å². The van der Waals surface area contributed by atoms with Crippen LogP contribution in [0.25, 0.3) is 0 Å². The van der Waals surface area contributed by atoms with Crippen molar-refractivity contribution >= 4 is 5.91 Å². The summed E-state index contributed by atoms with van der Waals surface area (Å²) < 4.78 is 19.1. The first-order valence-corrected chi connectivity index (χ1v) is 7.63. The van der Waals surface area contributed by atoms with Crippen LogP contribution in [-0.4, -0.2) is 17.5 Å². The van der Waals surface area contributed by atoms with Gasteiger partial charge in [0, 0.05) is 12.6 Å². The Balaban J connectivity index is 1.70. The number of para-hydroxylation sites is 1. The molecule has 0 bridgehead atoms. The maximum atomic E-state index is 13.4. The van der Waals surface area contributed by atoms with E-state index in [4.69, 9.17) is 4.74 Å². The minimum absolute atomic E-state index is 0.100. The van der Waals surface area contributed by atoms with Gasteiger partial charge in [0.1, 0.15) is 11.6 Å². The fraction of sp³-hybridized carbons (Fsp3) is 0.333. The van der Waals surface area contributed by atoms with Gasteiger partial charge in [0.25, 0.3) is 0 Å². The van der Waals surface area contributed by atoms with Crippen molar-refractivity contribution in [1.29, 1.82) is 0 Å². The lowest BCUT2D eigenvalue weighted by Crippen LogP contribution is -2.24. The second kappa shape index (κ2) is 8.27. The van der Waals surface area contributed by atoms with E-state index in [-0.39, 0.29) is 18.1 Å². The van der Waals surface area contributed by atoms with Crippen LogP contribution < -0.4 is 10.1 Å². The third-order valence-electron chi connectivity index (χ3n) is 3.49. The molecule has 1 N–H and O–H groups in total. The van der Waals surface area contributed by atoms with Crippen molar-refractivity contribution in [3.05, 3.63) is 59.2 Å². The molecule has 0 fully saturated rings. The zero-order chi connectivity index (χ0) is 16.7. The first-order chi connectivity index (χ1) is 11.1. The van der Waals surface area contributed by atoms with Gasteiger partial charge in [0.15, 0.2) is 0 Å². The lowest BCUT2D eigenvalue weighted by atomic mass is 10.1. The summed E-state index contributed by atoms with van der Waals surface area (Å²) in [5.41, 5.74) is 2.41. The van der Waals surface area contributed by atoms with Crippen LogP contribution in [0.2, 0.25) is 0 Å². The molecule has 2 aromatic rings. The number of ether oxygens (including phenoxy) is 1. The summed E-state index contributed by atoms with van der Waals surface area (Å²) in [6.45, 7) is 4.56. The predicted octanol–water partition coefficient (Wildman–Crippen LogP) is 3.31. The molecule has 0 aliphatic heterocycles. The second-order valence-electron chi connectivity index (χ2n) is 5.38. The number of hydrogen-bond acceptors (Lipinski definition) is 3. The van der Waals surface area contributed by atoms with Crippen molar-refractivity contribution < 1.29 is 13.9 Å². The maximum Gasteiger partial charge on any atom is 0.220 e. The Bertz CT molecular complexity index is 654. The van der Waals surface area contributed by atoms with Gasteiger partial charge < -0.3 is 10.1 Å². The average molecular weight is 316 g/mol.